The second kappa shape index (κ2) is 8.39. The van der Waals surface area contributed by atoms with Crippen molar-refractivity contribution < 1.29 is 33.2 Å². The van der Waals surface area contributed by atoms with Crippen molar-refractivity contribution in [1.29, 1.82) is 0 Å². The van der Waals surface area contributed by atoms with Gasteiger partial charge in [-0.2, -0.15) is 13.2 Å². The topological polar surface area (TPSA) is 73.2 Å². The fourth-order valence-electron chi connectivity index (χ4n) is 5.38. The van der Waals surface area contributed by atoms with Gasteiger partial charge in [-0.25, -0.2) is 0 Å². The lowest BCUT2D eigenvalue weighted by molar-refractivity contribution is -0.164. The maximum atomic E-state index is 13.1. The molecule has 1 saturated heterocycles. The average molecular weight is 444 g/mol. The van der Waals surface area contributed by atoms with Crippen LogP contribution in [0.3, 0.4) is 0 Å². The van der Waals surface area contributed by atoms with Crippen molar-refractivity contribution in [3.8, 4) is 0 Å². The molecule has 3 N–H and O–H groups in total. The van der Waals surface area contributed by atoms with Gasteiger partial charge in [0.15, 0.2) is 0 Å². The Morgan fingerprint density at radius 3 is 2.42 bits per heavy atom. The van der Waals surface area contributed by atoms with Crippen molar-refractivity contribution in [2.75, 3.05) is 18.6 Å². The van der Waals surface area contributed by atoms with Crippen LogP contribution < -0.4 is 4.90 Å². The van der Waals surface area contributed by atoms with Gasteiger partial charge in [0.2, 0.25) is 0 Å². The van der Waals surface area contributed by atoms with Crippen molar-refractivity contribution in [2.45, 2.75) is 75.7 Å². The van der Waals surface area contributed by atoms with E-state index in [-0.39, 0.29) is 6.54 Å². The third-order valence-electron chi connectivity index (χ3n) is 7.01. The number of hydrogen-bond acceptors (Lipinski definition) is 5. The summed E-state index contributed by atoms with van der Waals surface area (Å²) in [6, 6.07) is 4.75. The summed E-state index contributed by atoms with van der Waals surface area (Å²) < 4.78 is 44.7. The molecule has 0 amide bonds. The lowest BCUT2D eigenvalue weighted by atomic mass is 9.65. The Hall–Kier alpha value is -1.61. The molecule has 0 aromatic heterocycles. The minimum atomic E-state index is -4.45. The first-order valence-corrected chi connectivity index (χ1v) is 10.5. The Balaban J connectivity index is 2.09. The van der Waals surface area contributed by atoms with E-state index in [1.54, 1.807) is 11.8 Å². The highest BCUT2D eigenvalue weighted by Gasteiger charge is 2.66. The van der Waals surface area contributed by atoms with Gasteiger partial charge in [-0.1, -0.05) is 11.6 Å². The van der Waals surface area contributed by atoms with Gasteiger partial charge in [0.25, 0.3) is 0 Å². The van der Waals surface area contributed by atoms with Crippen molar-refractivity contribution in [1.82, 2.24) is 0 Å². The monoisotopic (exact) mass is 443 g/mol. The molecule has 1 heterocycles. The van der Waals surface area contributed by atoms with E-state index in [0.717, 1.165) is 17.7 Å². The summed E-state index contributed by atoms with van der Waals surface area (Å²) in [5.41, 5.74) is -1.61. The summed E-state index contributed by atoms with van der Waals surface area (Å²) >= 11 is 0. The standard InChI is InChI=1S/C23H32F3NO4/c1-14(2)5-10-18(29)21(3)20-19(31-4)17(28)11-12-22(20,30)13-27(21)16-8-6-15(7-9-16)23(24,25)26/h5-9,17-20,28-30H,10-13H2,1-4H3/t17-,18-,19-,20-,21-,22+/m1/s1. The van der Waals surface area contributed by atoms with Gasteiger partial charge >= 0.3 is 6.18 Å². The number of ether oxygens (including phenoxy) is 1. The molecule has 0 radical (unpaired) electrons. The predicted molar refractivity (Wildman–Crippen MR) is 112 cm³/mol. The van der Waals surface area contributed by atoms with Crippen LogP contribution in [0.5, 0.6) is 0 Å². The Labute approximate surface area is 181 Å². The molecule has 1 aromatic rings. The highest BCUT2D eigenvalue weighted by molar-refractivity contribution is 5.54. The van der Waals surface area contributed by atoms with Gasteiger partial charge in [0.05, 0.1) is 35.0 Å². The number of allylic oxidation sites excluding steroid dienone is 1. The summed E-state index contributed by atoms with van der Waals surface area (Å²) in [6.45, 7) is 5.74. The van der Waals surface area contributed by atoms with Crippen molar-refractivity contribution in [3.63, 3.8) is 0 Å². The zero-order valence-corrected chi connectivity index (χ0v) is 18.4. The third-order valence-corrected chi connectivity index (χ3v) is 7.01. The third kappa shape index (κ3) is 4.23. The molecular formula is C23H32F3NO4. The molecule has 1 aromatic carbocycles. The van der Waals surface area contributed by atoms with Crippen LogP contribution in [-0.4, -0.2) is 58.4 Å². The molecular weight excluding hydrogens is 411 g/mol. The fraction of sp³-hybridized carbons (Fsp3) is 0.652. The lowest BCUT2D eigenvalue weighted by Gasteiger charge is -2.50. The molecule has 6 atom stereocenters. The number of aliphatic hydroxyl groups is 3. The summed E-state index contributed by atoms with van der Waals surface area (Å²) in [5, 5.41) is 33.5. The van der Waals surface area contributed by atoms with E-state index < -0.39 is 47.1 Å². The maximum Gasteiger partial charge on any atom is 0.416 e. The van der Waals surface area contributed by atoms with Crippen LogP contribution in [-0.2, 0) is 10.9 Å². The molecule has 174 valence electrons. The molecule has 5 nitrogen and oxygen atoms in total. The highest BCUT2D eigenvalue weighted by atomic mass is 19.4. The zero-order valence-electron chi connectivity index (χ0n) is 18.4. The molecule has 0 bridgehead atoms. The summed E-state index contributed by atoms with van der Waals surface area (Å²) in [5.74, 6) is -0.642. The molecule has 2 aliphatic rings. The van der Waals surface area contributed by atoms with E-state index >= 15 is 0 Å². The Morgan fingerprint density at radius 2 is 1.90 bits per heavy atom. The fourth-order valence-corrected chi connectivity index (χ4v) is 5.38. The zero-order chi connectivity index (χ0) is 23.2. The van der Waals surface area contributed by atoms with Crippen molar-refractivity contribution >= 4 is 5.69 Å². The van der Waals surface area contributed by atoms with Crippen molar-refractivity contribution in [3.05, 3.63) is 41.5 Å². The molecule has 1 aliphatic carbocycles. The smallest absolute Gasteiger partial charge is 0.390 e. The van der Waals surface area contributed by atoms with E-state index in [4.69, 9.17) is 4.74 Å². The molecule has 8 heteroatoms. The van der Waals surface area contributed by atoms with E-state index in [9.17, 15) is 28.5 Å². The second-order valence-corrected chi connectivity index (χ2v) is 9.28. The number of β-amino-alcohol motifs (C(OH)–C–C–N with tert-alkyl or cyclic N) is 1. The molecule has 3 rings (SSSR count). The molecule has 1 saturated carbocycles. The van der Waals surface area contributed by atoms with Crippen LogP contribution >= 0.6 is 0 Å². The van der Waals surface area contributed by atoms with Gasteiger partial charge in [-0.15, -0.1) is 0 Å². The van der Waals surface area contributed by atoms with E-state index in [1.807, 2.05) is 19.9 Å². The number of fused-ring (bicyclic) bond motifs is 1. The SMILES string of the molecule is CO[C@@H]1[C@H](O)CC[C@]2(O)CN(c3ccc(C(F)(F)F)cc3)[C@](C)([C@H](O)CC=C(C)C)[C@@H]12. The summed E-state index contributed by atoms with van der Waals surface area (Å²) in [6.07, 6.45) is -4.09. The highest BCUT2D eigenvalue weighted by Crippen LogP contribution is 2.53. The first kappa shape index (κ1) is 24.0. The van der Waals surface area contributed by atoms with Gasteiger partial charge in [0, 0.05) is 25.3 Å². The Bertz CT molecular complexity index is 808. The molecule has 31 heavy (non-hydrogen) atoms. The summed E-state index contributed by atoms with van der Waals surface area (Å²) in [4.78, 5) is 1.78. The van der Waals surface area contributed by atoms with Gasteiger partial charge < -0.3 is 25.0 Å². The van der Waals surface area contributed by atoms with Crippen LogP contribution in [0.15, 0.2) is 35.9 Å². The quantitative estimate of drug-likeness (QED) is 0.608. The van der Waals surface area contributed by atoms with Crippen LogP contribution in [0.4, 0.5) is 18.9 Å². The largest absolute Gasteiger partial charge is 0.416 e. The number of benzene rings is 1. The van der Waals surface area contributed by atoms with Gasteiger partial charge in [-0.05, 0) is 64.3 Å². The average Bonchev–Trinajstić information content (AvgIpc) is 2.95. The minimum absolute atomic E-state index is 0.123. The first-order valence-electron chi connectivity index (χ1n) is 10.5. The number of nitrogens with zero attached hydrogens (tertiary/aromatic N) is 1. The van der Waals surface area contributed by atoms with Crippen LogP contribution in [0.25, 0.3) is 0 Å². The van der Waals surface area contributed by atoms with Crippen molar-refractivity contribution in [2.24, 2.45) is 5.92 Å². The normalized spacial score (nSPS) is 34.4. The number of hydrogen-bond donors (Lipinski definition) is 3. The molecule has 0 unspecified atom stereocenters. The maximum absolute atomic E-state index is 13.1. The number of halogens is 3. The Kier molecular flexibility index (Phi) is 6.50. The number of rotatable bonds is 5. The predicted octanol–water partition coefficient (Wildman–Crippen LogP) is 3.52. The van der Waals surface area contributed by atoms with Crippen LogP contribution in [0, 0.1) is 5.92 Å². The van der Waals surface area contributed by atoms with E-state index in [1.165, 1.54) is 19.2 Å². The number of anilines is 1. The van der Waals surface area contributed by atoms with E-state index in [0.29, 0.717) is 24.9 Å². The molecule has 2 fully saturated rings. The van der Waals surface area contributed by atoms with E-state index in [2.05, 4.69) is 0 Å². The van der Waals surface area contributed by atoms with Gasteiger partial charge in [-0.3, -0.25) is 0 Å². The first-order chi connectivity index (χ1) is 14.3. The Morgan fingerprint density at radius 1 is 1.29 bits per heavy atom. The molecule has 1 aliphatic heterocycles. The number of alkyl halides is 3. The second-order valence-electron chi connectivity index (χ2n) is 9.28. The minimum Gasteiger partial charge on any atom is -0.390 e. The number of aliphatic hydroxyl groups excluding tert-OH is 2. The van der Waals surface area contributed by atoms with Gasteiger partial charge in [0.1, 0.15) is 0 Å². The molecule has 0 spiro atoms. The van der Waals surface area contributed by atoms with Crippen LogP contribution in [0.1, 0.15) is 45.6 Å². The lowest BCUT2D eigenvalue weighted by Crippen LogP contribution is -2.63. The number of methoxy groups -OCH3 is 1. The summed E-state index contributed by atoms with van der Waals surface area (Å²) in [7, 11) is 1.46. The van der Waals surface area contributed by atoms with Crippen LogP contribution in [0.2, 0.25) is 0 Å².